The molecule has 2 aliphatic carbocycles. The Morgan fingerprint density at radius 1 is 1.23 bits per heavy atom. The molecule has 2 saturated carbocycles. The third kappa shape index (κ3) is 3.62. The van der Waals surface area contributed by atoms with Crippen LogP contribution in [-0.4, -0.2) is 55.3 Å². The summed E-state index contributed by atoms with van der Waals surface area (Å²) in [6, 6.07) is -0.470. The van der Waals surface area contributed by atoms with Crippen molar-refractivity contribution in [3.63, 3.8) is 0 Å². The second-order valence-corrected chi connectivity index (χ2v) is 7.16. The Balaban J connectivity index is 1.25. The van der Waals surface area contributed by atoms with E-state index in [0.717, 1.165) is 17.7 Å². The topological polar surface area (TPSA) is 136 Å². The molecule has 2 aromatic rings. The van der Waals surface area contributed by atoms with Gasteiger partial charge in [-0.1, -0.05) is 0 Å². The minimum atomic E-state index is -0.650. The van der Waals surface area contributed by atoms with E-state index in [4.69, 9.17) is 0 Å². The molecule has 26 heavy (non-hydrogen) atoms. The number of amides is 2. The lowest BCUT2D eigenvalue weighted by atomic mass is 10.2. The number of nitrogens with zero attached hydrogens (tertiary/aromatic N) is 2. The quantitative estimate of drug-likeness (QED) is 0.479. The smallest absolute Gasteiger partial charge is 0.224 e. The number of aromatic nitrogens is 4. The molecule has 2 heterocycles. The molecule has 0 saturated heterocycles. The molecule has 2 aliphatic rings. The summed E-state index contributed by atoms with van der Waals surface area (Å²) in [6.07, 6.45) is 8.00. The SMILES string of the molecule is O=C(Cc1cn[nH]c1)N[C@H]1C[C@@H](O)[C@H](NC(=O)[C@@H]2C[C@H]2c2cnc[nH]2)C1. The molecule has 2 fully saturated rings. The number of aliphatic hydroxyl groups excluding tert-OH is 1. The maximum Gasteiger partial charge on any atom is 0.224 e. The van der Waals surface area contributed by atoms with Gasteiger partial charge in [0, 0.05) is 36.0 Å². The van der Waals surface area contributed by atoms with Crippen molar-refractivity contribution in [1.29, 1.82) is 0 Å². The molecular formula is C17H22N6O3. The molecule has 0 aliphatic heterocycles. The standard InChI is InChI=1S/C17H22N6O3/c24-15-3-10(22-16(25)1-9-5-20-21-6-9)2-13(15)23-17(26)12-4-11(12)14-7-18-8-19-14/h5-8,10-13,15,24H,1-4H2,(H,18,19)(H,20,21)(H,22,25)(H,23,26)/t10-,11-,12-,13-,15-/m1/s1. The lowest BCUT2D eigenvalue weighted by Crippen LogP contribution is -2.41. The monoisotopic (exact) mass is 358 g/mol. The summed E-state index contributed by atoms with van der Waals surface area (Å²) < 4.78 is 0. The first-order valence-corrected chi connectivity index (χ1v) is 8.84. The predicted octanol–water partition coefficient (Wildman–Crippen LogP) is -0.397. The van der Waals surface area contributed by atoms with Crippen molar-refractivity contribution in [1.82, 2.24) is 30.8 Å². The van der Waals surface area contributed by atoms with Gasteiger partial charge in [0.05, 0.1) is 31.1 Å². The van der Waals surface area contributed by atoms with Crippen LogP contribution in [0, 0.1) is 5.92 Å². The Labute approximate surface area is 150 Å². The molecular weight excluding hydrogens is 336 g/mol. The maximum atomic E-state index is 12.4. The first-order valence-electron chi connectivity index (χ1n) is 8.84. The molecule has 9 nitrogen and oxygen atoms in total. The van der Waals surface area contributed by atoms with Crippen LogP contribution >= 0.6 is 0 Å². The van der Waals surface area contributed by atoms with Crippen molar-refractivity contribution in [2.24, 2.45) is 5.92 Å². The van der Waals surface area contributed by atoms with Crippen LogP contribution in [-0.2, 0) is 16.0 Å². The predicted molar refractivity (Wildman–Crippen MR) is 90.8 cm³/mol. The molecule has 0 bridgehead atoms. The van der Waals surface area contributed by atoms with Gasteiger partial charge in [-0.3, -0.25) is 14.7 Å². The molecule has 5 atom stereocenters. The number of hydrogen-bond acceptors (Lipinski definition) is 5. The van der Waals surface area contributed by atoms with Crippen molar-refractivity contribution < 1.29 is 14.7 Å². The third-order valence-electron chi connectivity index (χ3n) is 5.19. The molecule has 0 radical (unpaired) electrons. The highest BCUT2D eigenvalue weighted by Gasteiger charge is 2.46. The summed E-state index contributed by atoms with van der Waals surface area (Å²) in [5.74, 6) is -0.0463. The highest BCUT2D eigenvalue weighted by Crippen LogP contribution is 2.46. The number of aliphatic hydroxyl groups is 1. The Bertz CT molecular complexity index is 760. The number of imidazole rings is 1. The van der Waals surface area contributed by atoms with Gasteiger partial charge in [-0.2, -0.15) is 5.10 Å². The van der Waals surface area contributed by atoms with Crippen LogP contribution in [0.3, 0.4) is 0 Å². The average Bonchev–Trinajstić information content (AvgIpc) is 2.99. The molecule has 4 rings (SSSR count). The number of carbonyl (C=O) groups excluding carboxylic acids is 2. The van der Waals surface area contributed by atoms with Crippen LogP contribution < -0.4 is 10.6 Å². The van der Waals surface area contributed by atoms with E-state index in [2.05, 4.69) is 30.8 Å². The van der Waals surface area contributed by atoms with Crippen molar-refractivity contribution in [3.8, 4) is 0 Å². The third-order valence-corrected chi connectivity index (χ3v) is 5.19. The zero-order chi connectivity index (χ0) is 18.1. The molecule has 138 valence electrons. The highest BCUT2D eigenvalue weighted by atomic mass is 16.3. The summed E-state index contributed by atoms with van der Waals surface area (Å²) in [6.45, 7) is 0. The molecule has 9 heteroatoms. The fraction of sp³-hybridized carbons (Fsp3) is 0.529. The Morgan fingerprint density at radius 2 is 2.12 bits per heavy atom. The largest absolute Gasteiger partial charge is 0.391 e. The second kappa shape index (κ2) is 6.91. The minimum Gasteiger partial charge on any atom is -0.391 e. The summed E-state index contributed by atoms with van der Waals surface area (Å²) in [5, 5.41) is 22.6. The van der Waals surface area contributed by atoms with Gasteiger partial charge in [-0.25, -0.2) is 4.98 Å². The van der Waals surface area contributed by atoms with Crippen molar-refractivity contribution in [2.75, 3.05) is 0 Å². The van der Waals surface area contributed by atoms with E-state index in [1.54, 1.807) is 24.9 Å². The van der Waals surface area contributed by atoms with Crippen LogP contribution in [0.1, 0.15) is 36.4 Å². The van der Waals surface area contributed by atoms with Gasteiger partial charge >= 0.3 is 0 Å². The number of rotatable bonds is 6. The van der Waals surface area contributed by atoms with Gasteiger partial charge in [-0.15, -0.1) is 0 Å². The van der Waals surface area contributed by atoms with Crippen molar-refractivity contribution >= 4 is 11.8 Å². The Hall–Kier alpha value is -2.68. The summed E-state index contributed by atoms with van der Waals surface area (Å²) in [5.41, 5.74) is 1.78. The van der Waals surface area contributed by atoms with Crippen LogP contribution in [0.25, 0.3) is 0 Å². The van der Waals surface area contributed by atoms with Gasteiger partial charge < -0.3 is 20.7 Å². The van der Waals surface area contributed by atoms with E-state index in [1.165, 1.54) is 0 Å². The zero-order valence-corrected chi connectivity index (χ0v) is 14.2. The molecule has 0 aromatic carbocycles. The number of nitrogens with one attached hydrogen (secondary N) is 4. The summed E-state index contributed by atoms with van der Waals surface area (Å²) in [4.78, 5) is 31.5. The number of H-pyrrole nitrogens is 2. The fourth-order valence-electron chi connectivity index (χ4n) is 3.71. The lowest BCUT2D eigenvalue weighted by molar-refractivity contribution is -0.123. The van der Waals surface area contributed by atoms with E-state index in [9.17, 15) is 14.7 Å². The van der Waals surface area contributed by atoms with E-state index in [-0.39, 0.29) is 42.2 Å². The summed E-state index contributed by atoms with van der Waals surface area (Å²) in [7, 11) is 0. The van der Waals surface area contributed by atoms with Crippen LogP contribution in [0.5, 0.6) is 0 Å². The van der Waals surface area contributed by atoms with Gasteiger partial charge in [0.1, 0.15) is 0 Å². The van der Waals surface area contributed by atoms with Crippen LogP contribution in [0.15, 0.2) is 24.9 Å². The Morgan fingerprint density at radius 3 is 2.85 bits per heavy atom. The lowest BCUT2D eigenvalue weighted by Gasteiger charge is -2.16. The number of carbonyl (C=O) groups is 2. The minimum absolute atomic E-state index is 0.0426. The van der Waals surface area contributed by atoms with Gasteiger partial charge in [0.15, 0.2) is 0 Å². The van der Waals surface area contributed by atoms with Gasteiger partial charge in [-0.05, 0) is 24.8 Å². The van der Waals surface area contributed by atoms with E-state index < -0.39 is 6.10 Å². The number of aromatic amines is 2. The zero-order valence-electron chi connectivity index (χ0n) is 14.2. The fourth-order valence-corrected chi connectivity index (χ4v) is 3.71. The van der Waals surface area contributed by atoms with E-state index in [1.807, 2.05) is 0 Å². The maximum absolute atomic E-state index is 12.4. The Kier molecular flexibility index (Phi) is 4.46. The molecule has 5 N–H and O–H groups in total. The normalized spacial score (nSPS) is 30.1. The molecule has 2 aromatic heterocycles. The van der Waals surface area contributed by atoms with E-state index >= 15 is 0 Å². The van der Waals surface area contributed by atoms with E-state index in [0.29, 0.717) is 12.8 Å². The highest BCUT2D eigenvalue weighted by molar-refractivity contribution is 5.83. The van der Waals surface area contributed by atoms with Gasteiger partial charge in [0.2, 0.25) is 11.8 Å². The summed E-state index contributed by atoms with van der Waals surface area (Å²) >= 11 is 0. The molecule has 0 spiro atoms. The van der Waals surface area contributed by atoms with Crippen molar-refractivity contribution in [3.05, 3.63) is 36.2 Å². The first-order chi connectivity index (χ1) is 12.6. The van der Waals surface area contributed by atoms with Crippen LogP contribution in [0.4, 0.5) is 0 Å². The van der Waals surface area contributed by atoms with Gasteiger partial charge in [0.25, 0.3) is 0 Å². The van der Waals surface area contributed by atoms with Crippen molar-refractivity contribution in [2.45, 2.75) is 49.8 Å². The average molecular weight is 358 g/mol. The first kappa shape index (κ1) is 16.8. The second-order valence-electron chi connectivity index (χ2n) is 7.16. The van der Waals surface area contributed by atoms with Crippen LogP contribution in [0.2, 0.25) is 0 Å². The molecule has 2 amide bonds. The number of hydrogen-bond donors (Lipinski definition) is 5. The molecule has 0 unspecified atom stereocenters.